The molecule has 0 aliphatic carbocycles. The molecule has 0 aromatic carbocycles. The minimum Gasteiger partial charge on any atom is -0.338 e. The van der Waals surface area contributed by atoms with Gasteiger partial charge in [0.2, 0.25) is 5.88 Å². The second-order valence-electron chi connectivity index (χ2n) is 4.96. The first kappa shape index (κ1) is 12.7. The van der Waals surface area contributed by atoms with E-state index < -0.39 is 0 Å². The Morgan fingerprint density at radius 3 is 3.30 bits per heavy atom. The predicted octanol–water partition coefficient (Wildman–Crippen LogP) is 1.88. The lowest BCUT2D eigenvalue weighted by atomic mass is 10.0. The number of hydrogen-bond donors (Lipinski definition) is 2. The highest BCUT2D eigenvalue weighted by molar-refractivity contribution is 5.87. The SMILES string of the molecule is Cc1cc(NC(=O)NCC2CCCc3nccn32)on1. The Bertz CT molecular complexity index is 603. The monoisotopic (exact) mass is 275 g/mol. The van der Waals surface area contributed by atoms with Crippen LogP contribution in [0.4, 0.5) is 10.7 Å². The number of nitrogens with one attached hydrogen (secondary N) is 2. The molecule has 0 saturated carbocycles. The molecule has 1 aliphatic rings. The zero-order chi connectivity index (χ0) is 13.9. The number of fused-ring (bicyclic) bond motifs is 1. The van der Waals surface area contributed by atoms with Gasteiger partial charge in [0.25, 0.3) is 0 Å². The first-order valence-corrected chi connectivity index (χ1v) is 6.72. The van der Waals surface area contributed by atoms with Crippen LogP contribution in [-0.4, -0.2) is 27.3 Å². The summed E-state index contributed by atoms with van der Waals surface area (Å²) >= 11 is 0. The van der Waals surface area contributed by atoms with Crippen molar-refractivity contribution in [1.29, 1.82) is 0 Å². The number of amides is 2. The largest absolute Gasteiger partial charge is 0.338 e. The topological polar surface area (TPSA) is 85.0 Å². The Balaban J connectivity index is 1.54. The molecule has 20 heavy (non-hydrogen) atoms. The number of carbonyl (C=O) groups excluding carboxylic acids is 1. The molecule has 0 saturated heterocycles. The maximum atomic E-state index is 11.8. The van der Waals surface area contributed by atoms with E-state index in [9.17, 15) is 4.79 Å². The second-order valence-corrected chi connectivity index (χ2v) is 4.96. The molecule has 0 radical (unpaired) electrons. The van der Waals surface area contributed by atoms with Gasteiger partial charge in [-0.05, 0) is 19.8 Å². The number of imidazole rings is 1. The summed E-state index contributed by atoms with van der Waals surface area (Å²) in [6.45, 7) is 2.37. The minimum absolute atomic E-state index is 0.267. The average Bonchev–Trinajstić information content (AvgIpc) is 3.05. The number of rotatable bonds is 3. The summed E-state index contributed by atoms with van der Waals surface area (Å²) in [6, 6.07) is 1.66. The molecule has 1 unspecified atom stereocenters. The van der Waals surface area contributed by atoms with Crippen LogP contribution in [-0.2, 0) is 6.42 Å². The van der Waals surface area contributed by atoms with Crippen molar-refractivity contribution in [3.63, 3.8) is 0 Å². The van der Waals surface area contributed by atoms with Gasteiger partial charge in [0.05, 0.1) is 11.7 Å². The number of nitrogens with zero attached hydrogens (tertiary/aromatic N) is 3. The number of aromatic nitrogens is 3. The van der Waals surface area contributed by atoms with E-state index in [1.807, 2.05) is 12.4 Å². The molecule has 1 atom stereocenters. The number of urea groups is 1. The maximum Gasteiger partial charge on any atom is 0.321 e. The molecule has 3 heterocycles. The molecule has 2 aromatic heterocycles. The Morgan fingerprint density at radius 1 is 1.60 bits per heavy atom. The van der Waals surface area contributed by atoms with Gasteiger partial charge in [-0.2, -0.15) is 0 Å². The highest BCUT2D eigenvalue weighted by Crippen LogP contribution is 2.22. The third-order valence-electron chi connectivity index (χ3n) is 3.44. The molecule has 2 aromatic rings. The van der Waals surface area contributed by atoms with E-state index >= 15 is 0 Å². The zero-order valence-electron chi connectivity index (χ0n) is 11.3. The van der Waals surface area contributed by atoms with Gasteiger partial charge >= 0.3 is 6.03 Å². The Kier molecular flexibility index (Phi) is 3.41. The summed E-state index contributed by atoms with van der Waals surface area (Å²) in [5, 5.41) is 9.18. The summed E-state index contributed by atoms with van der Waals surface area (Å²) in [4.78, 5) is 16.1. The highest BCUT2D eigenvalue weighted by Gasteiger charge is 2.20. The third-order valence-corrected chi connectivity index (χ3v) is 3.44. The van der Waals surface area contributed by atoms with Gasteiger partial charge in [-0.3, -0.25) is 5.32 Å². The van der Waals surface area contributed by atoms with Crippen molar-refractivity contribution < 1.29 is 9.32 Å². The van der Waals surface area contributed by atoms with Crippen LogP contribution in [0.25, 0.3) is 0 Å². The molecule has 7 heteroatoms. The Hall–Kier alpha value is -2.31. The summed E-state index contributed by atoms with van der Waals surface area (Å²) in [5.41, 5.74) is 0.732. The molecule has 3 rings (SSSR count). The first-order chi connectivity index (χ1) is 9.72. The molecular weight excluding hydrogens is 258 g/mol. The van der Waals surface area contributed by atoms with Gasteiger partial charge in [0.1, 0.15) is 5.82 Å². The molecule has 0 bridgehead atoms. The average molecular weight is 275 g/mol. The third kappa shape index (κ3) is 2.66. The van der Waals surface area contributed by atoms with Crippen LogP contribution in [0.5, 0.6) is 0 Å². The standard InChI is InChI=1S/C13H17N5O2/c1-9-7-12(20-17-9)16-13(19)15-8-10-3-2-4-11-14-5-6-18(10)11/h5-7,10H,2-4,8H2,1H3,(H2,15,16,19). The van der Waals surface area contributed by atoms with Crippen molar-refractivity contribution in [1.82, 2.24) is 20.0 Å². The van der Waals surface area contributed by atoms with Gasteiger partial charge in [0.15, 0.2) is 0 Å². The van der Waals surface area contributed by atoms with Gasteiger partial charge in [-0.1, -0.05) is 5.16 Å². The fraction of sp³-hybridized carbons (Fsp3) is 0.462. The normalized spacial score (nSPS) is 17.6. The van der Waals surface area contributed by atoms with E-state index in [2.05, 4.69) is 25.3 Å². The van der Waals surface area contributed by atoms with E-state index in [0.29, 0.717) is 12.4 Å². The van der Waals surface area contributed by atoms with E-state index in [1.165, 1.54) is 0 Å². The van der Waals surface area contributed by atoms with Crippen LogP contribution < -0.4 is 10.6 Å². The molecule has 1 aliphatic heterocycles. The summed E-state index contributed by atoms with van der Waals surface area (Å²) in [7, 11) is 0. The molecule has 7 nitrogen and oxygen atoms in total. The maximum absolute atomic E-state index is 11.8. The van der Waals surface area contributed by atoms with Crippen LogP contribution in [0.15, 0.2) is 23.0 Å². The lowest BCUT2D eigenvalue weighted by molar-refractivity contribution is 0.248. The quantitative estimate of drug-likeness (QED) is 0.895. The van der Waals surface area contributed by atoms with E-state index in [1.54, 1.807) is 13.0 Å². The molecule has 0 spiro atoms. The van der Waals surface area contributed by atoms with Crippen molar-refractivity contribution in [2.24, 2.45) is 0 Å². The Labute approximate surface area is 116 Å². The van der Waals surface area contributed by atoms with Crippen molar-refractivity contribution in [3.05, 3.63) is 30.0 Å². The summed E-state index contributed by atoms with van der Waals surface area (Å²) < 4.78 is 7.07. The van der Waals surface area contributed by atoms with E-state index in [4.69, 9.17) is 4.52 Å². The molecule has 0 fully saturated rings. The van der Waals surface area contributed by atoms with E-state index in [0.717, 1.165) is 30.8 Å². The molecular formula is C13H17N5O2. The lowest BCUT2D eigenvalue weighted by Crippen LogP contribution is -2.35. The van der Waals surface area contributed by atoms with Crippen molar-refractivity contribution in [2.45, 2.75) is 32.2 Å². The van der Waals surface area contributed by atoms with Gasteiger partial charge in [-0.15, -0.1) is 0 Å². The summed E-state index contributed by atoms with van der Waals surface area (Å²) in [6.07, 6.45) is 6.94. The summed E-state index contributed by atoms with van der Waals surface area (Å²) in [5.74, 6) is 1.45. The van der Waals surface area contributed by atoms with Gasteiger partial charge in [-0.25, -0.2) is 9.78 Å². The number of aryl methyl sites for hydroxylation is 2. The zero-order valence-corrected chi connectivity index (χ0v) is 11.3. The predicted molar refractivity (Wildman–Crippen MR) is 72.5 cm³/mol. The fourth-order valence-electron chi connectivity index (χ4n) is 2.49. The van der Waals surface area contributed by atoms with Crippen molar-refractivity contribution >= 4 is 11.9 Å². The molecule has 106 valence electrons. The number of anilines is 1. The number of hydrogen-bond acceptors (Lipinski definition) is 4. The first-order valence-electron chi connectivity index (χ1n) is 6.72. The fourth-order valence-corrected chi connectivity index (χ4v) is 2.49. The van der Waals surface area contributed by atoms with Crippen LogP contribution in [0, 0.1) is 6.92 Å². The van der Waals surface area contributed by atoms with Crippen LogP contribution in [0.2, 0.25) is 0 Å². The van der Waals surface area contributed by atoms with Crippen LogP contribution in [0.1, 0.15) is 30.4 Å². The number of carbonyl (C=O) groups is 1. The van der Waals surface area contributed by atoms with Crippen LogP contribution >= 0.6 is 0 Å². The van der Waals surface area contributed by atoms with Crippen LogP contribution in [0.3, 0.4) is 0 Å². The lowest BCUT2D eigenvalue weighted by Gasteiger charge is -2.25. The Morgan fingerprint density at radius 2 is 2.50 bits per heavy atom. The second kappa shape index (κ2) is 5.36. The van der Waals surface area contributed by atoms with E-state index in [-0.39, 0.29) is 12.1 Å². The van der Waals surface area contributed by atoms with Crippen molar-refractivity contribution in [3.8, 4) is 0 Å². The minimum atomic E-state index is -0.284. The molecule has 2 amide bonds. The van der Waals surface area contributed by atoms with Crippen molar-refractivity contribution in [2.75, 3.05) is 11.9 Å². The molecule has 2 N–H and O–H groups in total. The smallest absolute Gasteiger partial charge is 0.321 e. The van der Waals surface area contributed by atoms with Gasteiger partial charge in [0, 0.05) is 31.4 Å². The highest BCUT2D eigenvalue weighted by atomic mass is 16.5. The van der Waals surface area contributed by atoms with Gasteiger partial charge < -0.3 is 14.4 Å².